The number of amides is 1. The van der Waals surface area contributed by atoms with Crippen LogP contribution in [0.3, 0.4) is 0 Å². The molecule has 3 heteroatoms. The van der Waals surface area contributed by atoms with E-state index in [9.17, 15) is 4.79 Å². The molecule has 110 valence electrons. The molecule has 0 aromatic heterocycles. The monoisotopic (exact) mass is 282 g/mol. The molecule has 1 aliphatic rings. The van der Waals surface area contributed by atoms with Gasteiger partial charge in [-0.2, -0.15) is 0 Å². The lowest BCUT2D eigenvalue weighted by atomic mass is 10.0. The summed E-state index contributed by atoms with van der Waals surface area (Å²) in [4.78, 5) is 12.1. The second-order valence-electron chi connectivity index (χ2n) is 5.99. The van der Waals surface area contributed by atoms with Crippen LogP contribution in [-0.4, -0.2) is 25.5 Å². The van der Waals surface area contributed by atoms with Gasteiger partial charge in [0.15, 0.2) is 0 Å². The van der Waals surface area contributed by atoms with Gasteiger partial charge in [-0.05, 0) is 42.6 Å². The summed E-state index contributed by atoms with van der Waals surface area (Å²) < 4.78 is 0. The van der Waals surface area contributed by atoms with Crippen molar-refractivity contribution in [1.29, 1.82) is 0 Å². The predicted molar refractivity (Wildman–Crippen MR) is 86.3 cm³/mol. The van der Waals surface area contributed by atoms with Crippen molar-refractivity contribution in [2.24, 2.45) is 5.92 Å². The highest BCUT2D eigenvalue weighted by molar-refractivity contribution is 5.85. The van der Waals surface area contributed by atoms with Crippen molar-refractivity contribution in [2.75, 3.05) is 13.6 Å². The average molecular weight is 282 g/mol. The minimum absolute atomic E-state index is 0.148. The van der Waals surface area contributed by atoms with Crippen molar-refractivity contribution in [3.8, 4) is 0 Å². The molecule has 0 spiro atoms. The number of nitrogens with one attached hydrogen (secondary N) is 2. The highest BCUT2D eigenvalue weighted by Crippen LogP contribution is 2.48. The number of benzene rings is 2. The highest BCUT2D eigenvalue weighted by atomic mass is 16.2. The Hall–Kier alpha value is -1.87. The maximum atomic E-state index is 12.1. The lowest BCUT2D eigenvalue weighted by Gasteiger charge is -2.11. The first-order chi connectivity index (χ1) is 10.2. The van der Waals surface area contributed by atoms with Gasteiger partial charge >= 0.3 is 0 Å². The Morgan fingerprint density at radius 1 is 1.24 bits per heavy atom. The lowest BCUT2D eigenvalue weighted by Crippen LogP contribution is -2.37. The summed E-state index contributed by atoms with van der Waals surface area (Å²) in [5.74, 6) is 0.727. The molecule has 0 radical (unpaired) electrons. The van der Waals surface area contributed by atoms with Crippen LogP contribution >= 0.6 is 0 Å². The van der Waals surface area contributed by atoms with Crippen molar-refractivity contribution in [1.82, 2.24) is 10.6 Å². The van der Waals surface area contributed by atoms with Crippen molar-refractivity contribution in [2.45, 2.75) is 25.3 Å². The van der Waals surface area contributed by atoms with Gasteiger partial charge in [-0.25, -0.2) is 0 Å². The SMILES string of the molecule is CNC(C)CNC(=O)C1CC1c1ccc2ccccc2c1. The van der Waals surface area contributed by atoms with Gasteiger partial charge in [-0.1, -0.05) is 42.5 Å². The van der Waals surface area contributed by atoms with Gasteiger partial charge in [0.25, 0.3) is 0 Å². The number of likely N-dealkylation sites (N-methyl/N-ethyl adjacent to an activating group) is 1. The van der Waals surface area contributed by atoms with E-state index in [-0.39, 0.29) is 11.8 Å². The molecule has 1 aliphatic carbocycles. The van der Waals surface area contributed by atoms with Crippen molar-refractivity contribution < 1.29 is 4.79 Å². The molecule has 3 nitrogen and oxygen atoms in total. The van der Waals surface area contributed by atoms with Crippen LogP contribution in [0.15, 0.2) is 42.5 Å². The third kappa shape index (κ3) is 3.08. The van der Waals surface area contributed by atoms with E-state index < -0.39 is 0 Å². The molecule has 1 amide bonds. The molecule has 3 unspecified atom stereocenters. The Morgan fingerprint density at radius 2 is 2.00 bits per heavy atom. The molecular formula is C18H22N2O. The van der Waals surface area contributed by atoms with Gasteiger partial charge in [-0.15, -0.1) is 0 Å². The summed E-state index contributed by atoms with van der Waals surface area (Å²) in [5.41, 5.74) is 1.29. The minimum Gasteiger partial charge on any atom is -0.354 e. The summed E-state index contributed by atoms with van der Waals surface area (Å²) in [7, 11) is 1.91. The Labute approximate surface area is 125 Å². The Bertz CT molecular complexity index is 652. The van der Waals surface area contributed by atoms with Gasteiger partial charge in [0.2, 0.25) is 5.91 Å². The van der Waals surface area contributed by atoms with Gasteiger partial charge in [-0.3, -0.25) is 4.79 Å². The van der Waals surface area contributed by atoms with Crippen molar-refractivity contribution in [3.05, 3.63) is 48.0 Å². The average Bonchev–Trinajstić information content (AvgIpc) is 3.32. The second-order valence-corrected chi connectivity index (χ2v) is 5.99. The number of hydrogen-bond donors (Lipinski definition) is 2. The fourth-order valence-electron chi connectivity index (χ4n) is 2.78. The number of rotatable bonds is 5. The fourth-order valence-corrected chi connectivity index (χ4v) is 2.78. The third-order valence-corrected chi connectivity index (χ3v) is 4.40. The highest BCUT2D eigenvalue weighted by Gasteiger charge is 2.43. The lowest BCUT2D eigenvalue weighted by molar-refractivity contribution is -0.122. The molecule has 0 bridgehead atoms. The molecule has 0 aliphatic heterocycles. The maximum absolute atomic E-state index is 12.1. The van der Waals surface area contributed by atoms with E-state index in [4.69, 9.17) is 0 Å². The molecule has 0 heterocycles. The maximum Gasteiger partial charge on any atom is 0.223 e. The van der Waals surface area contributed by atoms with E-state index in [0.29, 0.717) is 18.5 Å². The normalized spacial score (nSPS) is 22.0. The summed E-state index contributed by atoms with van der Waals surface area (Å²) in [6.07, 6.45) is 0.970. The van der Waals surface area contributed by atoms with Crippen LogP contribution in [0.1, 0.15) is 24.8 Å². The summed E-state index contributed by atoms with van der Waals surface area (Å²) in [5, 5.41) is 8.67. The zero-order valence-corrected chi connectivity index (χ0v) is 12.6. The zero-order valence-electron chi connectivity index (χ0n) is 12.6. The molecule has 0 saturated heterocycles. The van der Waals surface area contributed by atoms with Crippen LogP contribution in [0.25, 0.3) is 10.8 Å². The smallest absolute Gasteiger partial charge is 0.223 e. The van der Waals surface area contributed by atoms with Gasteiger partial charge < -0.3 is 10.6 Å². The van der Waals surface area contributed by atoms with E-state index in [2.05, 4.69) is 60.0 Å². The largest absolute Gasteiger partial charge is 0.354 e. The third-order valence-electron chi connectivity index (χ3n) is 4.40. The quantitative estimate of drug-likeness (QED) is 0.885. The molecule has 3 atom stereocenters. The number of hydrogen-bond acceptors (Lipinski definition) is 2. The molecule has 21 heavy (non-hydrogen) atoms. The van der Waals surface area contributed by atoms with E-state index >= 15 is 0 Å². The van der Waals surface area contributed by atoms with Crippen LogP contribution < -0.4 is 10.6 Å². The van der Waals surface area contributed by atoms with Gasteiger partial charge in [0.1, 0.15) is 0 Å². The van der Waals surface area contributed by atoms with Crippen LogP contribution in [0.5, 0.6) is 0 Å². The molecule has 2 N–H and O–H groups in total. The predicted octanol–water partition coefficient (Wildman–Crippen LogP) is 2.67. The number of fused-ring (bicyclic) bond motifs is 1. The Balaban J connectivity index is 1.64. The van der Waals surface area contributed by atoms with Crippen molar-refractivity contribution >= 4 is 16.7 Å². The summed E-state index contributed by atoms with van der Waals surface area (Å²) in [6.45, 7) is 2.75. The topological polar surface area (TPSA) is 41.1 Å². The molecule has 1 fully saturated rings. The van der Waals surface area contributed by atoms with Crippen LogP contribution in [0, 0.1) is 5.92 Å². The van der Waals surface area contributed by atoms with Crippen LogP contribution in [0.2, 0.25) is 0 Å². The van der Waals surface area contributed by atoms with Crippen LogP contribution in [0.4, 0.5) is 0 Å². The molecule has 2 aromatic carbocycles. The molecular weight excluding hydrogens is 260 g/mol. The number of carbonyl (C=O) groups is 1. The standard InChI is InChI=1S/C18H22N2O/c1-12(19-2)11-20-18(21)17-10-16(17)15-8-7-13-5-3-4-6-14(13)9-15/h3-9,12,16-17,19H,10-11H2,1-2H3,(H,20,21). The summed E-state index contributed by atoms with van der Waals surface area (Å²) in [6, 6.07) is 15.2. The second kappa shape index (κ2) is 5.86. The molecule has 2 aromatic rings. The van der Waals surface area contributed by atoms with Gasteiger partial charge in [0, 0.05) is 18.5 Å². The number of carbonyl (C=O) groups excluding carboxylic acids is 1. The van der Waals surface area contributed by atoms with Crippen molar-refractivity contribution in [3.63, 3.8) is 0 Å². The van der Waals surface area contributed by atoms with Gasteiger partial charge in [0.05, 0.1) is 0 Å². The summed E-state index contributed by atoms with van der Waals surface area (Å²) >= 11 is 0. The van der Waals surface area contributed by atoms with E-state index in [1.165, 1.54) is 16.3 Å². The Kier molecular flexibility index (Phi) is 3.93. The zero-order chi connectivity index (χ0) is 14.8. The van der Waals surface area contributed by atoms with E-state index in [1.54, 1.807) is 0 Å². The first-order valence-electron chi connectivity index (χ1n) is 7.62. The molecule has 3 rings (SSSR count). The minimum atomic E-state index is 0.148. The van der Waals surface area contributed by atoms with Crippen LogP contribution in [-0.2, 0) is 4.79 Å². The first-order valence-corrected chi connectivity index (χ1v) is 7.62. The fraction of sp³-hybridized carbons (Fsp3) is 0.389. The Morgan fingerprint density at radius 3 is 2.76 bits per heavy atom. The first kappa shape index (κ1) is 14.1. The molecule has 1 saturated carbocycles. The van der Waals surface area contributed by atoms with E-state index in [1.807, 2.05) is 7.05 Å². The van der Waals surface area contributed by atoms with E-state index in [0.717, 1.165) is 6.42 Å².